The van der Waals surface area contributed by atoms with Gasteiger partial charge in [0.15, 0.2) is 11.5 Å². The summed E-state index contributed by atoms with van der Waals surface area (Å²) < 4.78 is 16.6. The van der Waals surface area contributed by atoms with Crippen LogP contribution >= 0.6 is 11.6 Å². The minimum atomic E-state index is -0.340. The molecule has 4 heterocycles. The number of aryl methyl sites for hydroxylation is 1. The lowest BCUT2D eigenvalue weighted by molar-refractivity contribution is 0.164. The predicted octanol–water partition coefficient (Wildman–Crippen LogP) is 4.56. The Morgan fingerprint density at radius 2 is 2.00 bits per heavy atom. The minimum Gasteiger partial charge on any atom is -0.355 e. The van der Waals surface area contributed by atoms with E-state index < -0.39 is 0 Å². The average Bonchev–Trinajstić information content (AvgIpc) is 3.16. The molecule has 2 aliphatic rings. The molecule has 0 amide bonds. The van der Waals surface area contributed by atoms with Crippen molar-refractivity contribution in [1.82, 2.24) is 24.2 Å². The van der Waals surface area contributed by atoms with Crippen molar-refractivity contribution in [2.24, 2.45) is 0 Å². The number of halogens is 2. The zero-order chi connectivity index (χ0) is 22.9. The molecule has 5 rings (SSSR count). The monoisotopic (exact) mass is 470 g/mol. The minimum absolute atomic E-state index is 0.234. The first-order valence-electron chi connectivity index (χ1n) is 12.0. The van der Waals surface area contributed by atoms with Crippen LogP contribution < -0.4 is 4.90 Å². The third-order valence-electron chi connectivity index (χ3n) is 7.01. The molecular formula is C25H32ClFN6. The Balaban J connectivity index is 1.50. The van der Waals surface area contributed by atoms with Gasteiger partial charge in [0.25, 0.3) is 0 Å². The van der Waals surface area contributed by atoms with Gasteiger partial charge in [0.1, 0.15) is 11.0 Å². The van der Waals surface area contributed by atoms with E-state index in [4.69, 9.17) is 21.6 Å². The number of anilines is 1. The molecule has 8 heteroatoms. The Morgan fingerprint density at radius 3 is 2.79 bits per heavy atom. The van der Waals surface area contributed by atoms with E-state index in [9.17, 15) is 4.39 Å². The Labute approximate surface area is 200 Å². The van der Waals surface area contributed by atoms with Gasteiger partial charge in [0.05, 0.1) is 17.4 Å². The van der Waals surface area contributed by atoms with Crippen molar-refractivity contribution in [3.8, 4) is 0 Å². The lowest BCUT2D eigenvalue weighted by Crippen LogP contribution is -2.45. The quantitative estimate of drug-likeness (QED) is 0.528. The van der Waals surface area contributed by atoms with Crippen molar-refractivity contribution in [2.45, 2.75) is 45.2 Å². The van der Waals surface area contributed by atoms with Gasteiger partial charge in [-0.25, -0.2) is 9.37 Å². The van der Waals surface area contributed by atoms with Gasteiger partial charge in [-0.3, -0.25) is 14.3 Å². The highest BCUT2D eigenvalue weighted by atomic mass is 35.5. The fourth-order valence-electron chi connectivity index (χ4n) is 5.26. The summed E-state index contributed by atoms with van der Waals surface area (Å²) in [4.78, 5) is 16.4. The number of hydrogen-bond donors (Lipinski definition) is 0. The summed E-state index contributed by atoms with van der Waals surface area (Å²) in [5, 5.41) is 0.511. The second-order valence-corrected chi connectivity index (χ2v) is 9.62. The van der Waals surface area contributed by atoms with Crippen LogP contribution in [0.1, 0.15) is 49.2 Å². The number of hydrogen-bond acceptors (Lipinski definition) is 5. The molecule has 1 atom stereocenters. The zero-order valence-electron chi connectivity index (χ0n) is 19.5. The molecule has 1 aliphatic carbocycles. The molecule has 0 aromatic carbocycles. The van der Waals surface area contributed by atoms with E-state index in [-0.39, 0.29) is 11.9 Å². The highest BCUT2D eigenvalue weighted by Gasteiger charge is 2.29. The van der Waals surface area contributed by atoms with Gasteiger partial charge in [-0.05, 0) is 63.0 Å². The van der Waals surface area contributed by atoms with Crippen molar-refractivity contribution >= 4 is 23.1 Å². The predicted molar refractivity (Wildman–Crippen MR) is 130 cm³/mol. The van der Waals surface area contributed by atoms with E-state index in [2.05, 4.69) is 34.7 Å². The van der Waals surface area contributed by atoms with E-state index >= 15 is 0 Å². The molecular weight excluding hydrogens is 439 g/mol. The molecule has 33 heavy (non-hydrogen) atoms. The van der Waals surface area contributed by atoms with Crippen molar-refractivity contribution in [1.29, 1.82) is 0 Å². The van der Waals surface area contributed by atoms with E-state index in [1.807, 2.05) is 18.3 Å². The van der Waals surface area contributed by atoms with Crippen LogP contribution in [0, 0.1) is 5.82 Å². The van der Waals surface area contributed by atoms with Gasteiger partial charge < -0.3 is 9.80 Å². The maximum atomic E-state index is 14.8. The number of likely N-dealkylation sites (N-methyl/N-ethyl adjacent to an activating group) is 1. The van der Waals surface area contributed by atoms with Gasteiger partial charge in [0, 0.05) is 38.9 Å². The molecule has 1 fully saturated rings. The first-order valence-corrected chi connectivity index (χ1v) is 12.4. The van der Waals surface area contributed by atoms with E-state index in [1.54, 1.807) is 4.40 Å². The summed E-state index contributed by atoms with van der Waals surface area (Å²) in [5.41, 5.74) is 3.54. The van der Waals surface area contributed by atoms with Crippen LogP contribution in [-0.2, 0) is 13.0 Å². The number of fused-ring (bicyclic) bond motifs is 2. The normalized spacial score (nSPS) is 19.4. The third-order valence-corrected chi connectivity index (χ3v) is 7.39. The Bertz CT molecular complexity index is 1120. The summed E-state index contributed by atoms with van der Waals surface area (Å²) in [6.07, 6.45) is 6.19. The molecule has 0 spiro atoms. The molecule has 0 unspecified atom stereocenters. The maximum absolute atomic E-state index is 14.8. The lowest BCUT2D eigenvalue weighted by atomic mass is 9.90. The molecule has 0 bridgehead atoms. The number of pyridine rings is 2. The SMILES string of the molecule is CCCN(Cc1nc2c(F)ccc(N3CCN(C)CC3)n2c1Cl)[C@H]1CCCc2cccnc21. The van der Waals surface area contributed by atoms with E-state index in [0.29, 0.717) is 17.3 Å². The fraction of sp³-hybridized carbons (Fsp3) is 0.520. The summed E-state index contributed by atoms with van der Waals surface area (Å²) in [7, 11) is 2.13. The van der Waals surface area contributed by atoms with Crippen LogP contribution in [0.5, 0.6) is 0 Å². The maximum Gasteiger partial charge on any atom is 0.176 e. The summed E-state index contributed by atoms with van der Waals surface area (Å²) in [5.74, 6) is 0.572. The lowest BCUT2D eigenvalue weighted by Gasteiger charge is -2.34. The number of rotatable bonds is 6. The molecule has 1 saturated heterocycles. The van der Waals surface area contributed by atoms with Crippen molar-refractivity contribution in [3.63, 3.8) is 0 Å². The zero-order valence-corrected chi connectivity index (χ0v) is 20.2. The second kappa shape index (κ2) is 9.57. The number of imidazole rings is 1. The van der Waals surface area contributed by atoms with Crippen molar-refractivity contribution < 1.29 is 4.39 Å². The Kier molecular flexibility index (Phi) is 6.54. The van der Waals surface area contributed by atoms with Crippen molar-refractivity contribution in [2.75, 3.05) is 44.7 Å². The molecule has 3 aromatic heterocycles. The standard InChI is InChI=1S/C25H32ClFN6/c1-3-12-32(21-8-4-6-18-7-5-11-28-23(18)21)17-20-24(26)33-22(10-9-19(27)25(33)29-20)31-15-13-30(2)14-16-31/h5,7,9-11,21H,3-4,6,8,12-17H2,1-2H3/t21-/m0/s1. The molecule has 6 nitrogen and oxygen atoms in total. The fourth-order valence-corrected chi connectivity index (χ4v) is 5.53. The summed E-state index contributed by atoms with van der Waals surface area (Å²) >= 11 is 6.92. The Morgan fingerprint density at radius 1 is 1.18 bits per heavy atom. The van der Waals surface area contributed by atoms with Crippen LogP contribution in [0.25, 0.3) is 5.65 Å². The first-order chi connectivity index (χ1) is 16.1. The summed E-state index contributed by atoms with van der Waals surface area (Å²) in [6.45, 7) is 7.38. The molecule has 0 N–H and O–H groups in total. The number of nitrogens with zero attached hydrogens (tertiary/aromatic N) is 6. The van der Waals surface area contributed by atoms with Gasteiger partial charge in [-0.15, -0.1) is 0 Å². The smallest absolute Gasteiger partial charge is 0.176 e. The number of aromatic nitrogens is 3. The van der Waals surface area contributed by atoms with Crippen LogP contribution in [0.15, 0.2) is 30.5 Å². The average molecular weight is 471 g/mol. The van der Waals surface area contributed by atoms with Gasteiger partial charge in [0.2, 0.25) is 0 Å². The van der Waals surface area contributed by atoms with Gasteiger partial charge >= 0.3 is 0 Å². The largest absolute Gasteiger partial charge is 0.355 e. The molecule has 0 radical (unpaired) electrons. The molecule has 1 aliphatic heterocycles. The third kappa shape index (κ3) is 4.34. The summed E-state index contributed by atoms with van der Waals surface area (Å²) in [6, 6.07) is 7.79. The van der Waals surface area contributed by atoms with Crippen LogP contribution in [-0.4, -0.2) is 63.9 Å². The van der Waals surface area contributed by atoms with Gasteiger partial charge in [-0.2, -0.15) is 0 Å². The van der Waals surface area contributed by atoms with Crippen molar-refractivity contribution in [3.05, 3.63) is 58.4 Å². The van der Waals surface area contributed by atoms with E-state index in [0.717, 1.165) is 69.9 Å². The Hall–Kier alpha value is -2.22. The van der Waals surface area contributed by atoms with Crippen LogP contribution in [0.4, 0.5) is 10.2 Å². The van der Waals surface area contributed by atoms with Crippen LogP contribution in [0.2, 0.25) is 5.15 Å². The topological polar surface area (TPSA) is 39.9 Å². The van der Waals surface area contributed by atoms with E-state index in [1.165, 1.54) is 17.3 Å². The first kappa shape index (κ1) is 22.6. The molecule has 0 saturated carbocycles. The molecule has 3 aromatic rings. The number of piperazine rings is 1. The van der Waals surface area contributed by atoms with Gasteiger partial charge in [-0.1, -0.05) is 24.6 Å². The highest BCUT2D eigenvalue weighted by molar-refractivity contribution is 6.30. The molecule has 176 valence electrons. The highest BCUT2D eigenvalue weighted by Crippen LogP contribution is 2.35. The second-order valence-electron chi connectivity index (χ2n) is 9.26. The van der Waals surface area contributed by atoms with Crippen LogP contribution in [0.3, 0.4) is 0 Å².